The number of aliphatic carboxylic acids is 1. The summed E-state index contributed by atoms with van der Waals surface area (Å²) >= 11 is 0. The molecule has 0 aromatic rings. The summed E-state index contributed by atoms with van der Waals surface area (Å²) in [6.07, 6.45) is 0.342. The van der Waals surface area contributed by atoms with Crippen LogP contribution in [0.15, 0.2) is 0 Å². The van der Waals surface area contributed by atoms with Crippen LogP contribution in [0.4, 0.5) is 0 Å². The highest BCUT2D eigenvalue weighted by Crippen LogP contribution is 2.23. The first-order valence-electron chi connectivity index (χ1n) is 6.04. The van der Waals surface area contributed by atoms with Gasteiger partial charge in [-0.2, -0.15) is 0 Å². The van der Waals surface area contributed by atoms with Gasteiger partial charge in [0.15, 0.2) is 0 Å². The lowest BCUT2D eigenvalue weighted by atomic mass is 9.84. The van der Waals surface area contributed by atoms with Crippen LogP contribution in [0.3, 0.4) is 0 Å². The van der Waals surface area contributed by atoms with E-state index in [9.17, 15) is 9.59 Å². The van der Waals surface area contributed by atoms with Crippen molar-refractivity contribution in [3.63, 3.8) is 0 Å². The molecule has 18 heavy (non-hydrogen) atoms. The molecule has 2 unspecified atom stereocenters. The maximum absolute atomic E-state index is 12.1. The molecule has 0 bridgehead atoms. The van der Waals surface area contributed by atoms with Gasteiger partial charge in [0, 0.05) is 12.6 Å². The van der Waals surface area contributed by atoms with Crippen LogP contribution in [0.1, 0.15) is 33.6 Å². The summed E-state index contributed by atoms with van der Waals surface area (Å²) in [6.45, 7) is 6.30. The van der Waals surface area contributed by atoms with Gasteiger partial charge in [-0.25, -0.2) is 0 Å². The van der Waals surface area contributed by atoms with E-state index < -0.39 is 17.6 Å². The molecule has 0 spiro atoms. The predicted molar refractivity (Wildman–Crippen MR) is 66.0 cm³/mol. The van der Waals surface area contributed by atoms with Gasteiger partial charge in [0.1, 0.15) is 5.54 Å². The highest BCUT2D eigenvalue weighted by atomic mass is 16.5. The molecule has 1 amide bonds. The first kappa shape index (κ1) is 14.9. The summed E-state index contributed by atoms with van der Waals surface area (Å²) < 4.78 is 5.13. The first-order chi connectivity index (χ1) is 8.15. The second kappa shape index (κ2) is 5.24. The van der Waals surface area contributed by atoms with E-state index in [1.807, 2.05) is 20.8 Å². The summed E-state index contributed by atoms with van der Waals surface area (Å²) in [7, 11) is 0. The quantitative estimate of drug-likeness (QED) is 0.664. The van der Waals surface area contributed by atoms with E-state index in [-0.39, 0.29) is 24.3 Å². The average molecular weight is 258 g/mol. The molecule has 1 heterocycles. The van der Waals surface area contributed by atoms with Crippen LogP contribution in [-0.4, -0.2) is 41.8 Å². The van der Waals surface area contributed by atoms with Crippen LogP contribution in [0, 0.1) is 5.41 Å². The van der Waals surface area contributed by atoms with Crippen LogP contribution >= 0.6 is 0 Å². The maximum atomic E-state index is 12.1. The molecule has 1 fully saturated rings. The van der Waals surface area contributed by atoms with Crippen molar-refractivity contribution in [3.8, 4) is 0 Å². The Balaban J connectivity index is 2.71. The minimum Gasteiger partial charge on any atom is -0.481 e. The molecule has 2 atom stereocenters. The van der Waals surface area contributed by atoms with E-state index in [1.165, 1.54) is 0 Å². The standard InChI is InChI=1S/C12H22N2O4/c1-11(2,3)8(6-9(15)16)14-10(17)12(13)4-5-18-7-12/h8H,4-7,13H2,1-3H3,(H,14,17)(H,15,16). The van der Waals surface area contributed by atoms with Crippen molar-refractivity contribution in [2.75, 3.05) is 13.2 Å². The summed E-state index contributed by atoms with van der Waals surface area (Å²) in [4.78, 5) is 22.9. The maximum Gasteiger partial charge on any atom is 0.305 e. The minimum atomic E-state index is -1.03. The smallest absolute Gasteiger partial charge is 0.305 e. The number of carbonyl (C=O) groups excluding carboxylic acids is 1. The van der Waals surface area contributed by atoms with Crippen molar-refractivity contribution in [2.45, 2.75) is 45.2 Å². The Kier molecular flexibility index (Phi) is 4.34. The number of nitrogens with two attached hydrogens (primary N) is 1. The second-order valence-corrected chi connectivity index (χ2v) is 5.95. The van der Waals surface area contributed by atoms with Crippen molar-refractivity contribution in [2.24, 2.45) is 11.1 Å². The Morgan fingerprint density at radius 1 is 1.50 bits per heavy atom. The van der Waals surface area contributed by atoms with E-state index in [0.717, 1.165) is 0 Å². The Labute approximate surface area is 107 Å². The van der Waals surface area contributed by atoms with E-state index in [4.69, 9.17) is 15.6 Å². The molecular weight excluding hydrogens is 236 g/mol. The first-order valence-corrected chi connectivity index (χ1v) is 6.04. The van der Waals surface area contributed by atoms with Gasteiger partial charge < -0.3 is 20.9 Å². The van der Waals surface area contributed by atoms with Gasteiger partial charge in [-0.1, -0.05) is 20.8 Å². The van der Waals surface area contributed by atoms with Crippen molar-refractivity contribution >= 4 is 11.9 Å². The molecule has 1 aliphatic heterocycles. The number of ether oxygens (including phenoxy) is 1. The summed E-state index contributed by atoms with van der Waals surface area (Å²) in [5, 5.41) is 11.6. The lowest BCUT2D eigenvalue weighted by Crippen LogP contribution is -2.59. The molecule has 0 aliphatic carbocycles. The third-order valence-corrected chi connectivity index (χ3v) is 3.23. The molecule has 0 aromatic carbocycles. The summed E-state index contributed by atoms with van der Waals surface area (Å²) in [6, 6.07) is -0.455. The number of rotatable bonds is 4. The average Bonchev–Trinajstić information content (AvgIpc) is 2.63. The van der Waals surface area contributed by atoms with Crippen LogP contribution in [-0.2, 0) is 14.3 Å². The number of carboxylic acid groups (broad SMARTS) is 1. The highest BCUT2D eigenvalue weighted by molar-refractivity contribution is 5.87. The number of nitrogens with one attached hydrogen (secondary N) is 1. The molecule has 6 nitrogen and oxygen atoms in total. The van der Waals surface area contributed by atoms with Gasteiger partial charge in [0.05, 0.1) is 13.0 Å². The van der Waals surface area contributed by atoms with Crippen LogP contribution in [0.2, 0.25) is 0 Å². The zero-order chi connectivity index (χ0) is 14.0. The summed E-state index contributed by atoms with van der Waals surface area (Å²) in [5.74, 6) is -1.27. The topological polar surface area (TPSA) is 102 Å². The van der Waals surface area contributed by atoms with Gasteiger partial charge in [-0.15, -0.1) is 0 Å². The fraction of sp³-hybridized carbons (Fsp3) is 0.833. The molecule has 6 heteroatoms. The number of carboxylic acids is 1. The van der Waals surface area contributed by atoms with E-state index in [1.54, 1.807) is 0 Å². The molecule has 4 N–H and O–H groups in total. The van der Waals surface area contributed by atoms with E-state index >= 15 is 0 Å². The Morgan fingerprint density at radius 2 is 2.11 bits per heavy atom. The largest absolute Gasteiger partial charge is 0.481 e. The van der Waals surface area contributed by atoms with E-state index in [0.29, 0.717) is 13.0 Å². The third-order valence-electron chi connectivity index (χ3n) is 3.23. The molecule has 0 radical (unpaired) electrons. The fourth-order valence-electron chi connectivity index (χ4n) is 1.81. The monoisotopic (exact) mass is 258 g/mol. The molecule has 1 saturated heterocycles. The minimum absolute atomic E-state index is 0.119. The van der Waals surface area contributed by atoms with Gasteiger partial charge >= 0.3 is 5.97 Å². The van der Waals surface area contributed by atoms with Crippen molar-refractivity contribution in [1.82, 2.24) is 5.32 Å². The molecule has 0 saturated carbocycles. The second-order valence-electron chi connectivity index (χ2n) is 5.95. The fourth-order valence-corrected chi connectivity index (χ4v) is 1.81. The number of amides is 1. The van der Waals surface area contributed by atoms with Crippen LogP contribution < -0.4 is 11.1 Å². The lowest BCUT2D eigenvalue weighted by Gasteiger charge is -2.33. The molecule has 1 rings (SSSR count). The molecule has 104 valence electrons. The molecule has 0 aromatic heterocycles. The number of hydrogen-bond donors (Lipinski definition) is 3. The van der Waals surface area contributed by atoms with Crippen LogP contribution in [0.25, 0.3) is 0 Å². The van der Waals surface area contributed by atoms with Gasteiger partial charge in [-0.3, -0.25) is 9.59 Å². The molecule has 1 aliphatic rings. The van der Waals surface area contributed by atoms with Gasteiger partial charge in [0.25, 0.3) is 0 Å². The zero-order valence-electron chi connectivity index (χ0n) is 11.2. The van der Waals surface area contributed by atoms with Gasteiger partial charge in [-0.05, 0) is 11.8 Å². The summed E-state index contributed by atoms with van der Waals surface area (Å²) in [5.41, 5.74) is 4.57. The normalized spacial score (nSPS) is 25.8. The third kappa shape index (κ3) is 3.68. The van der Waals surface area contributed by atoms with E-state index in [2.05, 4.69) is 5.32 Å². The molecular formula is C12H22N2O4. The predicted octanol–water partition coefficient (Wildman–Crippen LogP) is 0.110. The van der Waals surface area contributed by atoms with Crippen molar-refractivity contribution in [1.29, 1.82) is 0 Å². The SMILES string of the molecule is CC(C)(C)C(CC(=O)O)NC(=O)C1(N)CCOC1. The van der Waals surface area contributed by atoms with Crippen molar-refractivity contribution in [3.05, 3.63) is 0 Å². The lowest BCUT2D eigenvalue weighted by molar-refractivity contribution is -0.138. The van der Waals surface area contributed by atoms with Crippen molar-refractivity contribution < 1.29 is 19.4 Å². The Bertz CT molecular complexity index is 329. The number of carbonyl (C=O) groups is 2. The Hall–Kier alpha value is -1.14. The van der Waals surface area contributed by atoms with Crippen LogP contribution in [0.5, 0.6) is 0 Å². The number of hydrogen-bond acceptors (Lipinski definition) is 4. The highest BCUT2D eigenvalue weighted by Gasteiger charge is 2.40. The Morgan fingerprint density at radius 3 is 2.50 bits per heavy atom. The van der Waals surface area contributed by atoms with Gasteiger partial charge in [0.2, 0.25) is 5.91 Å². The zero-order valence-corrected chi connectivity index (χ0v) is 11.2.